The van der Waals surface area contributed by atoms with Crippen molar-refractivity contribution in [3.63, 3.8) is 0 Å². The second-order valence-corrected chi connectivity index (χ2v) is 17.9. The normalized spacial score (nSPS) is 11.3. The van der Waals surface area contributed by atoms with E-state index in [1.807, 2.05) is 60.7 Å². The summed E-state index contributed by atoms with van der Waals surface area (Å²) in [4.78, 5) is 37.9. The summed E-state index contributed by atoms with van der Waals surface area (Å²) in [6, 6.07) is 35.6. The Morgan fingerprint density at radius 3 is 1.22 bits per heavy atom. The van der Waals surface area contributed by atoms with Gasteiger partial charge in [-0.1, -0.05) is 119 Å². The number of H-pyrrole nitrogens is 2. The molecule has 2 heterocycles. The van der Waals surface area contributed by atoms with E-state index < -0.39 is 32.3 Å². The highest BCUT2D eigenvalue weighted by molar-refractivity contribution is 7.87. The first-order chi connectivity index (χ1) is 30.6. The Kier molecular flexibility index (Phi) is 14.1. The van der Waals surface area contributed by atoms with Crippen LogP contribution in [0.3, 0.4) is 0 Å². The van der Waals surface area contributed by atoms with Crippen molar-refractivity contribution in [2.24, 2.45) is 0 Å². The molecule has 0 aliphatic heterocycles. The van der Waals surface area contributed by atoms with Crippen LogP contribution in [0.1, 0.15) is 11.1 Å². The van der Waals surface area contributed by atoms with Crippen LogP contribution in [0.25, 0.3) is 22.1 Å². The van der Waals surface area contributed by atoms with Gasteiger partial charge in [-0.05, 0) is 59.7 Å². The van der Waals surface area contributed by atoms with Crippen molar-refractivity contribution in [1.29, 1.82) is 0 Å². The summed E-state index contributed by atoms with van der Waals surface area (Å²) in [6.07, 6.45) is 0. The van der Waals surface area contributed by atoms with Gasteiger partial charge in [0.15, 0.2) is 0 Å². The zero-order valence-corrected chi connectivity index (χ0v) is 37.3. The molecule has 0 fully saturated rings. The molecule has 6 N–H and O–H groups in total. The molecule has 0 aliphatic carbocycles. The molecule has 22 heteroatoms. The first kappa shape index (κ1) is 45.5. The van der Waals surface area contributed by atoms with Crippen LogP contribution in [0, 0.1) is 0 Å². The molecule has 64 heavy (non-hydrogen) atoms. The molecule has 0 saturated heterocycles. The monoisotopic (exact) mass is 980 g/mol. The molecule has 0 aliphatic rings. The minimum atomic E-state index is -4.27. The highest BCUT2D eigenvalue weighted by Gasteiger charge is 2.26. The lowest BCUT2D eigenvalue weighted by atomic mass is 10.2. The van der Waals surface area contributed by atoms with E-state index in [1.165, 1.54) is 60.7 Å². The van der Waals surface area contributed by atoms with Gasteiger partial charge in [-0.15, -0.1) is 0 Å². The smallest absolute Gasteiger partial charge is 0.342 e. The fourth-order valence-electron chi connectivity index (χ4n) is 5.84. The number of fused-ring (bicyclic) bond motifs is 2. The molecule has 16 nitrogen and oxygen atoms in total. The first-order valence-electron chi connectivity index (χ1n) is 18.6. The van der Waals surface area contributed by atoms with Crippen LogP contribution in [0.5, 0.6) is 11.5 Å². The van der Waals surface area contributed by atoms with Crippen LogP contribution >= 0.6 is 46.4 Å². The molecule has 0 saturated carbocycles. The number of carbonyl (C=O) groups is 2. The summed E-state index contributed by atoms with van der Waals surface area (Å²) < 4.78 is 60.9. The van der Waals surface area contributed by atoms with Gasteiger partial charge in [-0.2, -0.15) is 16.8 Å². The maximum atomic E-state index is 12.6. The second-order valence-electron chi connectivity index (χ2n) is 13.3. The lowest BCUT2D eigenvalue weighted by Gasteiger charge is -2.09. The highest BCUT2D eigenvalue weighted by Crippen LogP contribution is 2.34. The van der Waals surface area contributed by atoms with Gasteiger partial charge in [-0.3, -0.25) is 10.6 Å². The number of urea groups is 2. The first-order valence-corrected chi connectivity index (χ1v) is 22.9. The van der Waals surface area contributed by atoms with Crippen molar-refractivity contribution < 1.29 is 34.8 Å². The van der Waals surface area contributed by atoms with Crippen LogP contribution in [0.15, 0.2) is 143 Å². The number of nitrogens with zero attached hydrogens (tertiary/aromatic N) is 2. The van der Waals surface area contributed by atoms with Gasteiger partial charge in [0.05, 0.1) is 42.2 Å². The molecule has 8 rings (SSSR count). The SMILES string of the molecule is O=C(NCc1ccccc1)Nc1nc2ccc(OS(=O)(=O)c3c(Cl)cccc3Cl)cc2[nH]1.O=C(NCc1ccccc1)Nc1nc2ccc(OS(=O)(=O)c3c(Cl)cccc3Cl)cc2[nH]1. The number of carbonyl (C=O) groups excluding carboxylic acids is 2. The zero-order valence-electron chi connectivity index (χ0n) is 32.6. The number of benzene rings is 6. The van der Waals surface area contributed by atoms with Gasteiger partial charge < -0.3 is 29.0 Å². The predicted octanol–water partition coefficient (Wildman–Crippen LogP) is 9.92. The molecule has 328 valence electrons. The Labute approximate surface area is 385 Å². The molecule has 0 atom stereocenters. The molecule has 6 aromatic carbocycles. The number of nitrogens with one attached hydrogen (secondary N) is 6. The molecule has 0 unspecified atom stereocenters. The van der Waals surface area contributed by atoms with Crippen molar-refractivity contribution in [1.82, 2.24) is 30.6 Å². The van der Waals surface area contributed by atoms with E-state index in [2.05, 4.69) is 41.2 Å². The maximum Gasteiger partial charge on any atom is 0.342 e. The van der Waals surface area contributed by atoms with E-state index >= 15 is 0 Å². The summed E-state index contributed by atoms with van der Waals surface area (Å²) in [5, 5.41) is 10.5. The average Bonchev–Trinajstić information content (AvgIpc) is 3.84. The quantitative estimate of drug-likeness (QED) is 0.0635. The van der Waals surface area contributed by atoms with Gasteiger partial charge in [0.1, 0.15) is 21.3 Å². The number of amides is 4. The Morgan fingerprint density at radius 2 is 0.859 bits per heavy atom. The molecule has 4 amide bonds. The van der Waals surface area contributed by atoms with E-state index in [9.17, 15) is 26.4 Å². The van der Waals surface area contributed by atoms with Gasteiger partial charge in [0.25, 0.3) is 0 Å². The van der Waals surface area contributed by atoms with Crippen LogP contribution in [0.2, 0.25) is 20.1 Å². The number of aromatic nitrogens is 4. The molecule has 8 aromatic rings. The largest absolute Gasteiger partial charge is 0.379 e. The third-order valence-corrected chi connectivity index (χ3v) is 13.1. The van der Waals surface area contributed by atoms with E-state index in [0.717, 1.165) is 11.1 Å². The topological polar surface area (TPSA) is 226 Å². The van der Waals surface area contributed by atoms with Gasteiger partial charge >= 0.3 is 32.3 Å². The molecular formula is C42H32Cl4N8O8S2. The Bertz CT molecular complexity index is 2960. The minimum Gasteiger partial charge on any atom is -0.379 e. The third kappa shape index (κ3) is 11.5. The summed E-state index contributed by atoms with van der Waals surface area (Å²) >= 11 is 23.9. The van der Waals surface area contributed by atoms with E-state index in [4.69, 9.17) is 54.8 Å². The second kappa shape index (κ2) is 19.9. The fraction of sp³-hybridized carbons (Fsp3) is 0.0476. The molecule has 2 aromatic heterocycles. The summed E-state index contributed by atoms with van der Waals surface area (Å²) in [5.74, 6) is 0.439. The van der Waals surface area contributed by atoms with E-state index in [-0.39, 0.29) is 53.3 Å². The lowest BCUT2D eigenvalue weighted by molar-refractivity contribution is 0.250. The van der Waals surface area contributed by atoms with Crippen molar-refractivity contribution in [3.05, 3.63) is 165 Å². The zero-order chi connectivity index (χ0) is 45.4. The highest BCUT2D eigenvalue weighted by atomic mass is 35.5. The van der Waals surface area contributed by atoms with Crippen molar-refractivity contribution in [2.45, 2.75) is 22.9 Å². The number of hydrogen-bond donors (Lipinski definition) is 6. The van der Waals surface area contributed by atoms with Crippen LogP contribution in [-0.2, 0) is 33.3 Å². The summed E-state index contributed by atoms with van der Waals surface area (Å²) in [6.45, 7) is 0.709. The standard InChI is InChI=1S/2C21H16Cl2N4O4S/c2*22-15-7-4-8-16(23)19(15)32(29,30)31-14-9-10-17-18(11-14)26-20(25-17)27-21(28)24-12-13-5-2-1-3-6-13/h2*1-11H,12H2,(H3,24,25,26,27,28). The molecule has 0 radical (unpaired) electrons. The van der Waals surface area contributed by atoms with Gasteiger partial charge in [0.2, 0.25) is 11.9 Å². The lowest BCUT2D eigenvalue weighted by Crippen LogP contribution is -2.28. The Balaban J connectivity index is 0.000000191. The number of halogens is 4. The Hall–Kier alpha value is -6.54. The molecule has 0 spiro atoms. The van der Waals surface area contributed by atoms with Crippen molar-refractivity contribution in [3.8, 4) is 11.5 Å². The average molecular weight is 983 g/mol. The van der Waals surface area contributed by atoms with Crippen LogP contribution in [-0.4, -0.2) is 48.8 Å². The van der Waals surface area contributed by atoms with Crippen LogP contribution in [0.4, 0.5) is 21.5 Å². The van der Waals surface area contributed by atoms with E-state index in [0.29, 0.717) is 35.2 Å². The number of imidazole rings is 2. The van der Waals surface area contributed by atoms with Crippen LogP contribution < -0.4 is 29.6 Å². The number of aromatic amines is 2. The van der Waals surface area contributed by atoms with Crippen molar-refractivity contribution >= 4 is 113 Å². The third-order valence-electron chi connectivity index (χ3n) is 8.71. The number of rotatable bonds is 12. The van der Waals surface area contributed by atoms with Gasteiger partial charge in [0, 0.05) is 25.2 Å². The summed E-state index contributed by atoms with van der Waals surface area (Å²) in [7, 11) is -8.53. The number of anilines is 2. The maximum absolute atomic E-state index is 12.6. The Morgan fingerprint density at radius 1 is 0.500 bits per heavy atom. The predicted molar refractivity (Wildman–Crippen MR) is 245 cm³/mol. The van der Waals surface area contributed by atoms with Gasteiger partial charge in [-0.25, -0.2) is 19.6 Å². The van der Waals surface area contributed by atoms with Crippen molar-refractivity contribution in [2.75, 3.05) is 10.6 Å². The molecule has 0 bridgehead atoms. The molecular weight excluding hydrogens is 950 g/mol. The minimum absolute atomic E-state index is 0.0252. The fourth-order valence-corrected chi connectivity index (χ4v) is 9.88. The summed E-state index contributed by atoms with van der Waals surface area (Å²) in [5.41, 5.74) is 3.83. The number of hydrogen-bond acceptors (Lipinski definition) is 10. The van der Waals surface area contributed by atoms with E-state index in [1.54, 1.807) is 12.1 Å².